The summed E-state index contributed by atoms with van der Waals surface area (Å²) in [6, 6.07) is -2.08. The molecule has 1 unspecified atom stereocenters. The zero-order valence-corrected chi connectivity index (χ0v) is 37.4. The molecule has 2 N–H and O–H groups in total. The molecule has 15 heteroatoms. The van der Waals surface area contributed by atoms with Crippen LogP contribution in [-0.2, 0) is 38.9 Å². The van der Waals surface area contributed by atoms with Crippen LogP contribution in [0.3, 0.4) is 0 Å². The Labute approximate surface area is 362 Å². The molecule has 4 heterocycles. The topological polar surface area (TPSA) is 162 Å². The molecular formula is C46H70FN5O8S. The largest absolute Gasteiger partial charge is 0.381 e. The van der Waals surface area contributed by atoms with Gasteiger partial charge in [-0.25, -0.2) is 9.11 Å². The Hall–Kier alpha value is -2.75. The minimum Gasteiger partial charge on any atom is -0.381 e. The van der Waals surface area contributed by atoms with E-state index in [4.69, 9.17) is 4.74 Å². The number of amides is 3. The van der Waals surface area contributed by atoms with Crippen LogP contribution in [0, 0.1) is 45.3 Å². The van der Waals surface area contributed by atoms with Gasteiger partial charge in [-0.1, -0.05) is 45.6 Å². The predicted molar refractivity (Wildman–Crippen MR) is 227 cm³/mol. The van der Waals surface area contributed by atoms with Gasteiger partial charge in [0.15, 0.2) is 11.6 Å². The zero-order chi connectivity index (χ0) is 43.4. The highest BCUT2D eigenvalue weighted by molar-refractivity contribution is 7.87. The smallest absolute Gasteiger partial charge is 0.303 e. The van der Waals surface area contributed by atoms with Gasteiger partial charge in [0.2, 0.25) is 17.7 Å². The van der Waals surface area contributed by atoms with E-state index in [1.54, 1.807) is 11.0 Å². The maximum atomic E-state index is 15.5. The molecule has 0 aromatic rings. The highest BCUT2D eigenvalue weighted by Gasteiger charge is 2.85. The number of carbonyl (C=O) groups excluding carboxylic acids is 5. The van der Waals surface area contributed by atoms with Crippen molar-refractivity contribution in [2.24, 2.45) is 45.3 Å². The number of rotatable bonds is 17. The molecule has 8 fully saturated rings. The lowest BCUT2D eigenvalue weighted by atomic mass is 9.73. The number of likely N-dealkylation sites (tertiary alicyclic amines) is 2. The summed E-state index contributed by atoms with van der Waals surface area (Å²) in [4.78, 5) is 76.9. The number of ketones is 2. The standard InChI is InChI=1S/C46H70FN5O8S/c1-4-33-27-44(33,42(57)49-61(58,59)51-21-8-9-22-51)29-38(54)36-28-46(43(2,3)45(46)17-11-18-45)30-52(36)41(56)34(31-15-24-60-25-16-31)26-37(53)39(32-12-6-5-7-13-32)48-40(55)35-14-10-20-50(35)23-19-47/h4,31-36,39H,1,5-30H2,2-3H3,(H,48,55)(H,49,57)/t33-,34+,35+,36+,39?,44-,46-/m1/s1. The number of hydrogen-bond donors (Lipinski definition) is 2. The highest BCUT2D eigenvalue weighted by atomic mass is 32.2. The third kappa shape index (κ3) is 7.85. The first-order valence-electron chi connectivity index (χ1n) is 23.6. The monoisotopic (exact) mass is 871 g/mol. The third-order valence-electron chi connectivity index (χ3n) is 17.8. The van der Waals surface area contributed by atoms with E-state index in [0.29, 0.717) is 71.5 Å². The van der Waals surface area contributed by atoms with Gasteiger partial charge >= 0.3 is 10.2 Å². The summed E-state index contributed by atoms with van der Waals surface area (Å²) in [6.45, 7) is 10.7. The number of carbonyl (C=O) groups is 5. The average molecular weight is 872 g/mol. The van der Waals surface area contributed by atoms with E-state index >= 15 is 4.79 Å². The maximum Gasteiger partial charge on any atom is 0.303 e. The number of nitrogens with one attached hydrogen (secondary N) is 2. The molecule has 0 radical (unpaired) electrons. The summed E-state index contributed by atoms with van der Waals surface area (Å²) >= 11 is 0. The SMILES string of the molecule is C=C[C@@H]1C[C@]1(CC(=O)[C@@H]1C[C@@]2(CN1C(=O)[C@@H](CC(=O)C(NC(=O)[C@@H]1CCCN1CCF)C1CCCCC1)C1CCOCC1)C(C)(C)C21CCC1)C(=O)NS(=O)(=O)N1CCCC1. The first-order valence-corrected chi connectivity index (χ1v) is 25.1. The Bertz CT molecular complexity index is 1840. The van der Waals surface area contributed by atoms with Crippen LogP contribution in [0.2, 0.25) is 0 Å². The Morgan fingerprint density at radius 3 is 2.16 bits per heavy atom. The second kappa shape index (κ2) is 17.3. The van der Waals surface area contributed by atoms with Crippen molar-refractivity contribution >= 4 is 39.5 Å². The second-order valence-electron chi connectivity index (χ2n) is 20.7. The van der Waals surface area contributed by atoms with Gasteiger partial charge in [-0.15, -0.1) is 6.58 Å². The third-order valence-corrected chi connectivity index (χ3v) is 19.3. The fourth-order valence-electron chi connectivity index (χ4n) is 13.8. The Morgan fingerprint density at radius 2 is 1.56 bits per heavy atom. The van der Waals surface area contributed by atoms with E-state index in [-0.39, 0.29) is 76.8 Å². The van der Waals surface area contributed by atoms with Crippen molar-refractivity contribution in [3.05, 3.63) is 12.7 Å². The van der Waals surface area contributed by atoms with Crippen LogP contribution in [-0.4, -0.2) is 123 Å². The van der Waals surface area contributed by atoms with Gasteiger partial charge in [-0.3, -0.25) is 28.9 Å². The number of fused-ring (bicyclic) bond motifs is 1. The molecule has 0 bridgehead atoms. The minimum atomic E-state index is -4.08. The summed E-state index contributed by atoms with van der Waals surface area (Å²) in [7, 11) is -4.08. The van der Waals surface area contributed by atoms with Crippen molar-refractivity contribution in [2.75, 3.05) is 52.6 Å². The van der Waals surface area contributed by atoms with Crippen LogP contribution in [0.1, 0.15) is 129 Å². The molecular weight excluding hydrogens is 802 g/mol. The number of hydrogen-bond acceptors (Lipinski definition) is 9. The fraction of sp³-hybridized carbons (Fsp3) is 0.848. The predicted octanol–water partition coefficient (Wildman–Crippen LogP) is 4.89. The van der Waals surface area contributed by atoms with Crippen LogP contribution in [0.25, 0.3) is 0 Å². The maximum absolute atomic E-state index is 15.5. The first kappa shape index (κ1) is 44.8. The number of nitrogens with zero attached hydrogens (tertiary/aromatic N) is 3. The molecule has 4 saturated carbocycles. The first-order chi connectivity index (χ1) is 29.1. The van der Waals surface area contributed by atoms with Gasteiger partial charge in [0, 0.05) is 63.6 Å². The van der Waals surface area contributed by atoms with E-state index < -0.39 is 52.2 Å². The van der Waals surface area contributed by atoms with Crippen molar-refractivity contribution in [1.29, 1.82) is 0 Å². The molecule has 8 aliphatic rings. The normalized spacial score (nSPS) is 33.6. The zero-order valence-electron chi connectivity index (χ0n) is 36.6. The van der Waals surface area contributed by atoms with E-state index in [0.717, 1.165) is 70.6 Å². The van der Waals surface area contributed by atoms with Crippen LogP contribution >= 0.6 is 0 Å². The molecule has 4 saturated heterocycles. The summed E-state index contributed by atoms with van der Waals surface area (Å²) in [5.41, 5.74) is -1.68. The van der Waals surface area contributed by atoms with Crippen LogP contribution in [0.15, 0.2) is 12.7 Å². The van der Waals surface area contributed by atoms with Crippen molar-refractivity contribution in [2.45, 2.75) is 148 Å². The summed E-state index contributed by atoms with van der Waals surface area (Å²) in [5, 5.41) is 3.16. The highest BCUT2D eigenvalue weighted by Crippen LogP contribution is 2.88. The van der Waals surface area contributed by atoms with E-state index in [9.17, 15) is 32.0 Å². The molecule has 7 atom stereocenters. The summed E-state index contributed by atoms with van der Waals surface area (Å²) < 4.78 is 49.3. The Balaban J connectivity index is 1.07. The van der Waals surface area contributed by atoms with Gasteiger partial charge in [0.25, 0.3) is 0 Å². The van der Waals surface area contributed by atoms with Crippen LogP contribution in [0.4, 0.5) is 4.39 Å². The second-order valence-corrected chi connectivity index (χ2v) is 22.4. The number of allylic oxidation sites excluding steroid dienone is 1. The Kier molecular flexibility index (Phi) is 12.7. The molecule has 8 rings (SSSR count). The van der Waals surface area contributed by atoms with Crippen molar-refractivity contribution < 1.29 is 41.5 Å². The molecule has 61 heavy (non-hydrogen) atoms. The van der Waals surface area contributed by atoms with Crippen LogP contribution in [0.5, 0.6) is 0 Å². The van der Waals surface area contributed by atoms with E-state index in [2.05, 4.69) is 30.5 Å². The lowest BCUT2D eigenvalue weighted by Crippen LogP contribution is -2.54. The lowest BCUT2D eigenvalue weighted by molar-refractivity contribution is -0.146. The molecule has 2 spiro atoms. The fourth-order valence-corrected chi connectivity index (χ4v) is 15.1. The summed E-state index contributed by atoms with van der Waals surface area (Å²) in [6.07, 6.45) is 13.8. The number of Topliss-reactive ketones (excluding diaryl/α,β-unsaturated/α-hetero) is 2. The van der Waals surface area contributed by atoms with E-state index in [1.807, 2.05) is 4.90 Å². The van der Waals surface area contributed by atoms with Gasteiger partial charge in [0.05, 0.1) is 23.5 Å². The van der Waals surface area contributed by atoms with Gasteiger partial charge in [0.1, 0.15) is 6.67 Å². The quantitative estimate of drug-likeness (QED) is 0.194. The van der Waals surface area contributed by atoms with E-state index in [1.165, 1.54) is 4.31 Å². The number of halogens is 1. The van der Waals surface area contributed by atoms with Crippen molar-refractivity contribution in [3.63, 3.8) is 0 Å². The molecule has 4 aliphatic heterocycles. The molecule has 0 aromatic heterocycles. The van der Waals surface area contributed by atoms with Crippen molar-refractivity contribution in [3.8, 4) is 0 Å². The Morgan fingerprint density at radius 1 is 0.852 bits per heavy atom. The molecule has 0 aromatic carbocycles. The molecule has 13 nitrogen and oxygen atoms in total. The lowest BCUT2D eigenvalue weighted by Gasteiger charge is -2.36. The molecule has 4 aliphatic carbocycles. The number of ether oxygens (including phenoxy) is 1. The van der Waals surface area contributed by atoms with Gasteiger partial charge in [-0.2, -0.15) is 12.7 Å². The van der Waals surface area contributed by atoms with Crippen molar-refractivity contribution in [1.82, 2.24) is 24.1 Å². The number of alkyl halides is 1. The molecule has 3 amide bonds. The molecule has 340 valence electrons. The van der Waals surface area contributed by atoms with Gasteiger partial charge < -0.3 is 15.0 Å². The average Bonchev–Trinajstić information content (AvgIpc) is 3.62. The van der Waals surface area contributed by atoms with Crippen LogP contribution < -0.4 is 10.0 Å². The van der Waals surface area contributed by atoms with Gasteiger partial charge in [-0.05, 0) is 112 Å². The minimum absolute atomic E-state index is 0.00624. The summed E-state index contributed by atoms with van der Waals surface area (Å²) in [5.74, 6) is -2.93.